The van der Waals surface area contributed by atoms with E-state index in [1.54, 1.807) is 0 Å². The van der Waals surface area contributed by atoms with Crippen LogP contribution in [0, 0.1) is 10.1 Å². The maximum atomic E-state index is 12.1. The molecule has 1 aromatic rings. The Labute approximate surface area is 153 Å². The summed E-state index contributed by atoms with van der Waals surface area (Å²) in [5.74, 6) is -0.886. The molecule has 4 N–H and O–H groups in total. The van der Waals surface area contributed by atoms with Gasteiger partial charge in [0, 0.05) is 13.6 Å². The fraction of sp³-hybridized carbons (Fsp3) is 0.714. The summed E-state index contributed by atoms with van der Waals surface area (Å²) >= 11 is 0. The number of nitro groups is 1. The van der Waals surface area contributed by atoms with Crippen molar-refractivity contribution >= 4 is 11.9 Å². The smallest absolute Gasteiger partial charge is 0.394 e. The van der Waals surface area contributed by atoms with Crippen LogP contribution in [-0.4, -0.2) is 103 Å². The van der Waals surface area contributed by atoms with Gasteiger partial charge in [-0.1, -0.05) is 4.98 Å². The number of amides is 1. The zero-order valence-electron chi connectivity index (χ0n) is 14.5. The second-order valence-corrected chi connectivity index (χ2v) is 6.00. The topological polar surface area (TPSA) is 181 Å². The van der Waals surface area contributed by atoms with Gasteiger partial charge in [-0.25, -0.2) is 4.57 Å². The molecule has 0 aromatic carbocycles. The number of carbonyl (C=O) groups excluding carboxylic acids is 1. The van der Waals surface area contributed by atoms with E-state index in [4.69, 9.17) is 14.6 Å². The van der Waals surface area contributed by atoms with Crippen molar-refractivity contribution in [3.05, 3.63) is 22.5 Å². The van der Waals surface area contributed by atoms with Crippen molar-refractivity contribution in [3.8, 4) is 0 Å². The minimum atomic E-state index is -1.55. The lowest BCUT2D eigenvalue weighted by Crippen LogP contribution is -2.59. The Bertz CT molecular complexity index is 652. The molecule has 5 atom stereocenters. The number of hydrogen-bond donors (Lipinski definition) is 4. The Morgan fingerprint density at radius 1 is 1.41 bits per heavy atom. The standard InChI is InChI=1S/C14H22N4O9/c1-16(9(20)6-17-3-2-15-14(17)18(24)25)4-5-26-13-12(23)11(22)10(21)8(7-19)27-13/h2-3,8,10-13,19,21-23H,4-7H2,1H3/t8-,10+,11+,12-,13-/m1/s1. The Kier molecular flexibility index (Phi) is 7.18. The first-order valence-corrected chi connectivity index (χ1v) is 8.07. The van der Waals surface area contributed by atoms with Crippen LogP contribution in [-0.2, 0) is 20.8 Å². The van der Waals surface area contributed by atoms with Crippen molar-refractivity contribution < 1.29 is 39.6 Å². The van der Waals surface area contributed by atoms with Crippen molar-refractivity contribution in [2.45, 2.75) is 37.3 Å². The van der Waals surface area contributed by atoms with Crippen LogP contribution in [0.3, 0.4) is 0 Å². The van der Waals surface area contributed by atoms with Gasteiger partial charge in [0.15, 0.2) is 12.8 Å². The average molecular weight is 390 g/mol. The number of ether oxygens (including phenoxy) is 2. The molecule has 0 aliphatic carbocycles. The Balaban J connectivity index is 1.82. The molecule has 1 amide bonds. The van der Waals surface area contributed by atoms with E-state index >= 15 is 0 Å². The van der Waals surface area contributed by atoms with Crippen LogP contribution in [0.25, 0.3) is 0 Å². The lowest BCUT2D eigenvalue weighted by atomic mass is 9.99. The third-order valence-corrected chi connectivity index (χ3v) is 4.15. The summed E-state index contributed by atoms with van der Waals surface area (Å²) in [6.45, 7) is -0.882. The monoisotopic (exact) mass is 390 g/mol. The van der Waals surface area contributed by atoms with Gasteiger partial charge in [0.1, 0.15) is 36.8 Å². The Hall–Kier alpha value is -2.16. The van der Waals surface area contributed by atoms with Crippen molar-refractivity contribution in [3.63, 3.8) is 0 Å². The summed E-state index contributed by atoms with van der Waals surface area (Å²) in [6, 6.07) is 0. The van der Waals surface area contributed by atoms with Gasteiger partial charge in [0.05, 0.1) is 13.2 Å². The van der Waals surface area contributed by atoms with E-state index in [1.165, 1.54) is 24.3 Å². The molecule has 0 unspecified atom stereocenters. The highest BCUT2D eigenvalue weighted by atomic mass is 16.7. The number of rotatable bonds is 8. The normalized spacial score (nSPS) is 28.1. The molecule has 2 heterocycles. The first-order chi connectivity index (χ1) is 12.8. The van der Waals surface area contributed by atoms with Crippen LogP contribution in [0.15, 0.2) is 12.4 Å². The van der Waals surface area contributed by atoms with Gasteiger partial charge in [0.25, 0.3) is 5.91 Å². The molecular formula is C14H22N4O9. The van der Waals surface area contributed by atoms with E-state index in [1.807, 2.05) is 0 Å². The highest BCUT2D eigenvalue weighted by molar-refractivity contribution is 5.75. The first-order valence-electron chi connectivity index (χ1n) is 8.07. The molecule has 0 radical (unpaired) electrons. The highest BCUT2D eigenvalue weighted by Gasteiger charge is 2.43. The van der Waals surface area contributed by atoms with Gasteiger partial charge in [-0.05, 0) is 4.92 Å². The average Bonchev–Trinajstić information content (AvgIpc) is 3.09. The highest BCUT2D eigenvalue weighted by Crippen LogP contribution is 2.21. The van der Waals surface area contributed by atoms with Crippen LogP contribution < -0.4 is 0 Å². The fourth-order valence-corrected chi connectivity index (χ4v) is 2.50. The summed E-state index contributed by atoms with van der Waals surface area (Å²) in [4.78, 5) is 27.0. The number of likely N-dealkylation sites (N-methyl/N-ethyl adjacent to an activating group) is 1. The summed E-state index contributed by atoms with van der Waals surface area (Å²) in [6.07, 6.45) is -4.42. The van der Waals surface area contributed by atoms with Crippen molar-refractivity contribution in [1.29, 1.82) is 0 Å². The van der Waals surface area contributed by atoms with Gasteiger partial charge in [-0.3, -0.25) is 4.79 Å². The molecule has 27 heavy (non-hydrogen) atoms. The zero-order chi connectivity index (χ0) is 20.1. The molecule has 2 rings (SSSR count). The number of hydrogen-bond acceptors (Lipinski definition) is 10. The first kappa shape index (κ1) is 21.1. The molecule has 152 valence electrons. The molecule has 0 saturated carbocycles. The zero-order valence-corrected chi connectivity index (χ0v) is 14.5. The van der Waals surface area contributed by atoms with Crippen LogP contribution in [0.5, 0.6) is 0 Å². The summed E-state index contributed by atoms with van der Waals surface area (Å²) < 4.78 is 11.6. The van der Waals surface area contributed by atoms with Crippen molar-refractivity contribution in [2.75, 3.05) is 26.8 Å². The third-order valence-electron chi connectivity index (χ3n) is 4.15. The molecular weight excluding hydrogens is 368 g/mol. The molecule has 0 spiro atoms. The molecule has 1 saturated heterocycles. The van der Waals surface area contributed by atoms with Gasteiger partial charge >= 0.3 is 5.95 Å². The van der Waals surface area contributed by atoms with E-state index < -0.39 is 54.1 Å². The van der Waals surface area contributed by atoms with Crippen molar-refractivity contribution in [1.82, 2.24) is 14.5 Å². The minimum Gasteiger partial charge on any atom is -0.394 e. The van der Waals surface area contributed by atoms with E-state index in [0.717, 1.165) is 4.57 Å². The second kappa shape index (κ2) is 9.16. The SMILES string of the molecule is CN(CCO[C@@H]1O[C@H](CO)[C@H](O)[C@H](O)[C@H]1O)C(=O)Cn1ccnc1[N+](=O)[O-]. The summed E-state index contributed by atoms with van der Waals surface area (Å²) in [5.41, 5.74) is 0. The van der Waals surface area contributed by atoms with Gasteiger partial charge in [0.2, 0.25) is 0 Å². The molecule has 1 aliphatic heterocycles. The lowest BCUT2D eigenvalue weighted by molar-refractivity contribution is -0.396. The number of aliphatic hydroxyl groups is 4. The predicted octanol–water partition coefficient (Wildman–Crippen LogP) is -2.93. The number of carbonyl (C=O) groups is 1. The maximum absolute atomic E-state index is 12.1. The largest absolute Gasteiger partial charge is 0.435 e. The molecule has 1 aliphatic rings. The third kappa shape index (κ3) is 4.97. The van der Waals surface area contributed by atoms with Gasteiger partial charge in [-0.15, -0.1) is 0 Å². The molecule has 1 aromatic heterocycles. The quantitative estimate of drug-likeness (QED) is 0.265. The van der Waals surface area contributed by atoms with Crippen LogP contribution in [0.2, 0.25) is 0 Å². The molecule has 1 fully saturated rings. The lowest BCUT2D eigenvalue weighted by Gasteiger charge is -2.39. The summed E-state index contributed by atoms with van der Waals surface area (Å²) in [7, 11) is 1.46. The Morgan fingerprint density at radius 3 is 2.74 bits per heavy atom. The van der Waals surface area contributed by atoms with Gasteiger partial charge in [-0.2, -0.15) is 0 Å². The summed E-state index contributed by atoms with van der Waals surface area (Å²) in [5, 5.41) is 49.1. The fourth-order valence-electron chi connectivity index (χ4n) is 2.50. The minimum absolute atomic E-state index is 0.0658. The van der Waals surface area contributed by atoms with Crippen LogP contribution >= 0.6 is 0 Å². The van der Waals surface area contributed by atoms with E-state index in [9.17, 15) is 30.2 Å². The number of imidazole rings is 1. The number of aliphatic hydroxyl groups excluding tert-OH is 4. The van der Waals surface area contributed by atoms with Gasteiger partial charge < -0.3 is 44.9 Å². The maximum Gasteiger partial charge on any atom is 0.435 e. The number of nitrogens with zero attached hydrogens (tertiary/aromatic N) is 4. The molecule has 0 bridgehead atoms. The van der Waals surface area contributed by atoms with E-state index in [2.05, 4.69) is 4.98 Å². The van der Waals surface area contributed by atoms with Crippen LogP contribution in [0.1, 0.15) is 0 Å². The van der Waals surface area contributed by atoms with E-state index in [-0.39, 0.29) is 19.7 Å². The van der Waals surface area contributed by atoms with E-state index in [0.29, 0.717) is 0 Å². The molecule has 13 nitrogen and oxygen atoms in total. The second-order valence-electron chi connectivity index (χ2n) is 6.00. The number of aromatic nitrogens is 2. The molecule has 13 heteroatoms. The predicted molar refractivity (Wildman–Crippen MR) is 86.2 cm³/mol. The van der Waals surface area contributed by atoms with Crippen LogP contribution in [0.4, 0.5) is 5.95 Å². The van der Waals surface area contributed by atoms with Crippen molar-refractivity contribution in [2.24, 2.45) is 0 Å². The Morgan fingerprint density at radius 2 is 2.11 bits per heavy atom.